The first-order valence-electron chi connectivity index (χ1n) is 6.42. The van der Waals surface area contributed by atoms with E-state index in [1.807, 2.05) is 18.2 Å². The fraction of sp³-hybridized carbons (Fsp3) is 0.308. The van der Waals surface area contributed by atoms with Crippen LogP contribution < -0.4 is 10.6 Å². The number of nitrogens with zero attached hydrogens (tertiary/aromatic N) is 3. The van der Waals surface area contributed by atoms with Crippen LogP contribution in [0.25, 0.3) is 11.3 Å². The van der Waals surface area contributed by atoms with Crippen LogP contribution in [-0.2, 0) is 0 Å². The van der Waals surface area contributed by atoms with Crippen LogP contribution in [0, 0.1) is 0 Å². The Morgan fingerprint density at radius 1 is 1.30 bits per heavy atom. The average molecular weight is 336 g/mol. The summed E-state index contributed by atoms with van der Waals surface area (Å²) in [7, 11) is 0. The number of anilines is 1. The predicted molar refractivity (Wildman–Crippen MR) is 79.5 cm³/mol. The molecule has 1 fully saturated rings. The minimum atomic E-state index is -0.580. The Kier molecular flexibility index (Phi) is 3.43. The zero-order valence-corrected chi connectivity index (χ0v) is 12.4. The fourth-order valence-corrected chi connectivity index (χ4v) is 2.86. The van der Waals surface area contributed by atoms with Crippen molar-refractivity contribution in [1.82, 2.24) is 15.4 Å². The second-order valence-electron chi connectivity index (χ2n) is 4.74. The van der Waals surface area contributed by atoms with Crippen molar-refractivity contribution < 1.29 is 4.79 Å². The third kappa shape index (κ3) is 2.29. The zero-order chi connectivity index (χ0) is 14.1. The molecule has 0 radical (unpaired) electrons. The van der Waals surface area contributed by atoms with Crippen molar-refractivity contribution in [1.29, 1.82) is 0 Å². The fourth-order valence-electron chi connectivity index (χ4n) is 2.52. The Balaban J connectivity index is 2.13. The lowest BCUT2D eigenvalue weighted by Gasteiger charge is -2.21. The molecule has 0 atom stereocenters. The minimum absolute atomic E-state index is 0.174. The molecule has 1 aromatic heterocycles. The van der Waals surface area contributed by atoms with Gasteiger partial charge in [0.15, 0.2) is 5.69 Å². The molecule has 2 heterocycles. The van der Waals surface area contributed by atoms with Crippen molar-refractivity contribution in [2.75, 3.05) is 18.0 Å². The number of nitrogens with one attached hydrogen (secondary N) is 1. The smallest absolute Gasteiger partial charge is 0.271 e. The molecule has 20 heavy (non-hydrogen) atoms. The maximum absolute atomic E-state index is 11.4. The number of carbonyl (C=O) groups is 1. The number of primary amides is 1. The summed E-state index contributed by atoms with van der Waals surface area (Å²) in [6, 6.07) is 5.90. The summed E-state index contributed by atoms with van der Waals surface area (Å²) in [4.78, 5) is 13.7. The summed E-state index contributed by atoms with van der Waals surface area (Å²) in [5.41, 5.74) is 7.95. The van der Waals surface area contributed by atoms with Gasteiger partial charge >= 0.3 is 0 Å². The largest absolute Gasteiger partial charge is 0.371 e. The number of H-pyrrole nitrogens is 1. The third-order valence-electron chi connectivity index (χ3n) is 3.44. The molecular weight excluding hydrogens is 322 g/mol. The molecule has 3 rings (SSSR count). The number of benzene rings is 1. The topological polar surface area (TPSA) is 87.9 Å². The number of amides is 1. The highest BCUT2D eigenvalue weighted by Crippen LogP contribution is 2.35. The maximum atomic E-state index is 11.4. The van der Waals surface area contributed by atoms with E-state index in [1.165, 1.54) is 12.8 Å². The average Bonchev–Trinajstić information content (AvgIpc) is 3.10. The predicted octanol–water partition coefficient (Wildman–Crippen LogP) is 1.93. The van der Waals surface area contributed by atoms with Gasteiger partial charge in [0.05, 0.1) is 0 Å². The molecule has 2 aromatic rings. The number of aromatic nitrogens is 3. The molecule has 1 aromatic carbocycles. The Morgan fingerprint density at radius 2 is 2.05 bits per heavy atom. The van der Waals surface area contributed by atoms with Crippen LogP contribution in [0.3, 0.4) is 0 Å². The molecule has 0 aliphatic carbocycles. The highest BCUT2D eigenvalue weighted by Gasteiger charge is 2.22. The van der Waals surface area contributed by atoms with Crippen molar-refractivity contribution in [3.8, 4) is 11.3 Å². The van der Waals surface area contributed by atoms with E-state index in [0.717, 1.165) is 28.8 Å². The monoisotopic (exact) mass is 335 g/mol. The second kappa shape index (κ2) is 5.24. The van der Waals surface area contributed by atoms with Gasteiger partial charge in [0.2, 0.25) is 0 Å². The van der Waals surface area contributed by atoms with Crippen LogP contribution in [0.1, 0.15) is 23.3 Å². The molecule has 6 nitrogen and oxygen atoms in total. The number of hydrogen-bond donors (Lipinski definition) is 2. The number of hydrogen-bond acceptors (Lipinski definition) is 4. The zero-order valence-electron chi connectivity index (χ0n) is 10.8. The van der Waals surface area contributed by atoms with E-state index in [1.54, 1.807) is 0 Å². The third-order valence-corrected chi connectivity index (χ3v) is 3.94. The number of nitrogens with two attached hydrogens (primary N) is 1. The number of halogens is 1. The van der Waals surface area contributed by atoms with Gasteiger partial charge < -0.3 is 10.6 Å². The number of rotatable bonds is 3. The lowest BCUT2D eigenvalue weighted by atomic mass is 10.1. The first-order chi connectivity index (χ1) is 9.66. The molecule has 1 saturated heterocycles. The lowest BCUT2D eigenvalue weighted by Crippen LogP contribution is -2.19. The van der Waals surface area contributed by atoms with Gasteiger partial charge in [0.25, 0.3) is 5.91 Å². The first kappa shape index (κ1) is 13.1. The number of carbonyl (C=O) groups excluding carboxylic acids is 1. The van der Waals surface area contributed by atoms with Crippen molar-refractivity contribution in [3.05, 3.63) is 28.4 Å². The molecule has 0 spiro atoms. The highest BCUT2D eigenvalue weighted by molar-refractivity contribution is 9.10. The van der Waals surface area contributed by atoms with E-state index in [0.29, 0.717) is 5.69 Å². The highest BCUT2D eigenvalue weighted by atomic mass is 79.9. The van der Waals surface area contributed by atoms with E-state index in [4.69, 9.17) is 5.73 Å². The van der Waals surface area contributed by atoms with E-state index < -0.39 is 5.91 Å². The Labute approximate surface area is 124 Å². The van der Waals surface area contributed by atoms with Crippen molar-refractivity contribution in [3.63, 3.8) is 0 Å². The van der Waals surface area contributed by atoms with E-state index >= 15 is 0 Å². The molecule has 0 saturated carbocycles. The molecule has 1 aliphatic rings. The Hall–Kier alpha value is -1.89. The van der Waals surface area contributed by atoms with Crippen molar-refractivity contribution in [2.45, 2.75) is 12.8 Å². The summed E-state index contributed by atoms with van der Waals surface area (Å²) in [6.45, 7) is 2.01. The van der Waals surface area contributed by atoms with E-state index in [2.05, 4.69) is 36.2 Å². The van der Waals surface area contributed by atoms with Gasteiger partial charge in [-0.05, 0) is 31.0 Å². The quantitative estimate of drug-likeness (QED) is 0.897. The Morgan fingerprint density at radius 3 is 2.75 bits per heavy atom. The van der Waals surface area contributed by atoms with Crippen LogP contribution in [0.15, 0.2) is 22.7 Å². The van der Waals surface area contributed by atoms with Crippen LogP contribution in [-0.4, -0.2) is 34.4 Å². The van der Waals surface area contributed by atoms with Gasteiger partial charge in [-0.15, -0.1) is 0 Å². The molecule has 0 unspecified atom stereocenters. The standard InChI is InChI=1S/C13H14BrN5O/c14-8-3-4-9(10(7-8)19-5-1-2-6-19)11-12(13(15)20)17-18-16-11/h3-4,7H,1-2,5-6H2,(H2,15,20)(H,16,17,18). The van der Waals surface area contributed by atoms with Crippen molar-refractivity contribution in [2.24, 2.45) is 5.73 Å². The van der Waals surface area contributed by atoms with Gasteiger partial charge in [0, 0.05) is 28.8 Å². The van der Waals surface area contributed by atoms with E-state index in [9.17, 15) is 4.79 Å². The van der Waals surface area contributed by atoms with Gasteiger partial charge in [-0.3, -0.25) is 4.79 Å². The summed E-state index contributed by atoms with van der Waals surface area (Å²) >= 11 is 3.49. The van der Waals surface area contributed by atoms with Gasteiger partial charge in [-0.2, -0.15) is 15.4 Å². The second-order valence-corrected chi connectivity index (χ2v) is 5.66. The minimum Gasteiger partial charge on any atom is -0.371 e. The molecule has 7 heteroatoms. The van der Waals surface area contributed by atoms with Gasteiger partial charge in [-0.25, -0.2) is 0 Å². The molecule has 3 N–H and O–H groups in total. The first-order valence-corrected chi connectivity index (χ1v) is 7.21. The molecular formula is C13H14BrN5O. The molecule has 104 valence electrons. The number of aromatic amines is 1. The SMILES string of the molecule is NC(=O)c1n[nH]nc1-c1ccc(Br)cc1N1CCCC1. The molecule has 1 amide bonds. The normalized spacial score (nSPS) is 14.8. The Bertz CT molecular complexity index is 648. The molecule has 1 aliphatic heterocycles. The van der Waals surface area contributed by atoms with E-state index in [-0.39, 0.29) is 5.69 Å². The summed E-state index contributed by atoms with van der Waals surface area (Å²) in [5.74, 6) is -0.580. The molecule has 0 bridgehead atoms. The van der Waals surface area contributed by atoms with Crippen LogP contribution in [0.4, 0.5) is 5.69 Å². The maximum Gasteiger partial charge on any atom is 0.271 e. The summed E-state index contributed by atoms with van der Waals surface area (Å²) in [5, 5.41) is 10.4. The van der Waals surface area contributed by atoms with Crippen molar-refractivity contribution >= 4 is 27.5 Å². The van der Waals surface area contributed by atoms with Gasteiger partial charge in [0.1, 0.15) is 5.69 Å². The summed E-state index contributed by atoms with van der Waals surface area (Å²) < 4.78 is 0.993. The van der Waals surface area contributed by atoms with Crippen LogP contribution >= 0.6 is 15.9 Å². The summed E-state index contributed by atoms with van der Waals surface area (Å²) in [6.07, 6.45) is 2.35. The van der Waals surface area contributed by atoms with Crippen LogP contribution in [0.2, 0.25) is 0 Å². The van der Waals surface area contributed by atoms with Crippen LogP contribution in [0.5, 0.6) is 0 Å². The lowest BCUT2D eigenvalue weighted by molar-refractivity contribution is 0.0996. The van der Waals surface area contributed by atoms with Gasteiger partial charge in [-0.1, -0.05) is 15.9 Å².